The summed E-state index contributed by atoms with van der Waals surface area (Å²) in [7, 11) is 0. The van der Waals surface area contributed by atoms with Crippen LogP contribution in [0.15, 0.2) is 67.0 Å². The number of rotatable bonds is 10. The second kappa shape index (κ2) is 16.1. The van der Waals surface area contributed by atoms with Crippen molar-refractivity contribution >= 4 is 22.6 Å². The topological polar surface area (TPSA) is 25.8 Å². The highest BCUT2D eigenvalue weighted by Gasteiger charge is 2.22. The van der Waals surface area contributed by atoms with Gasteiger partial charge in [0.2, 0.25) is 0 Å². The molecule has 1 fully saturated rings. The van der Waals surface area contributed by atoms with Crippen LogP contribution in [-0.4, -0.2) is 9.97 Å². The van der Waals surface area contributed by atoms with Crippen LogP contribution in [-0.2, 0) is 6.42 Å². The van der Waals surface area contributed by atoms with Crippen LogP contribution in [0.1, 0.15) is 102 Å². The van der Waals surface area contributed by atoms with Crippen LogP contribution < -0.4 is 0 Å². The van der Waals surface area contributed by atoms with E-state index in [9.17, 15) is 0 Å². The van der Waals surface area contributed by atoms with Gasteiger partial charge in [-0.1, -0.05) is 94.8 Å². The molecule has 0 aliphatic heterocycles. The van der Waals surface area contributed by atoms with Crippen molar-refractivity contribution in [3.05, 3.63) is 81.7 Å². The molecule has 1 heterocycles. The summed E-state index contributed by atoms with van der Waals surface area (Å²) in [5, 5.41) is 0. The zero-order valence-electron chi connectivity index (χ0n) is 21.8. The fourth-order valence-electron chi connectivity index (χ4n) is 5.02. The summed E-state index contributed by atoms with van der Waals surface area (Å²) in [6.07, 6.45) is 20.3. The minimum absolute atomic E-state index is 0.669. The Bertz CT molecular complexity index is 947. The number of halogens is 1. The lowest BCUT2D eigenvalue weighted by Gasteiger charge is -2.28. The van der Waals surface area contributed by atoms with E-state index in [4.69, 9.17) is 0 Å². The molecule has 1 aliphatic carbocycles. The second-order valence-corrected chi connectivity index (χ2v) is 11.3. The maximum atomic E-state index is 4.59. The monoisotopic (exact) mass is 582 g/mol. The van der Waals surface area contributed by atoms with E-state index in [-0.39, 0.29) is 0 Å². The predicted octanol–water partition coefficient (Wildman–Crippen LogP) is 10.0. The number of aromatic nitrogens is 2. The van der Waals surface area contributed by atoms with Gasteiger partial charge in [-0.15, -0.1) is 0 Å². The third-order valence-corrected chi connectivity index (χ3v) is 7.87. The SMILES string of the molecule is CCCCCC1CCC(c2cnc(-c3ccccc3)nc2)CC1.CCCCCc1cccc(I)c1. The molecule has 1 aromatic heterocycles. The molecule has 0 bridgehead atoms. The van der Waals surface area contributed by atoms with E-state index in [0.717, 1.165) is 17.3 Å². The first kappa shape index (κ1) is 27.8. The van der Waals surface area contributed by atoms with Gasteiger partial charge in [-0.3, -0.25) is 0 Å². The van der Waals surface area contributed by atoms with Crippen molar-refractivity contribution in [1.29, 1.82) is 0 Å². The second-order valence-electron chi connectivity index (χ2n) is 10.0. The van der Waals surface area contributed by atoms with Gasteiger partial charge in [-0.2, -0.15) is 0 Å². The van der Waals surface area contributed by atoms with Crippen LogP contribution >= 0.6 is 22.6 Å². The van der Waals surface area contributed by atoms with Gasteiger partial charge in [-0.05, 0) is 96.2 Å². The molecule has 0 radical (unpaired) electrons. The third kappa shape index (κ3) is 10.0. The maximum Gasteiger partial charge on any atom is 0.159 e. The Morgan fingerprint density at radius 2 is 1.46 bits per heavy atom. The molecule has 1 aliphatic rings. The normalized spacial score (nSPS) is 17.5. The van der Waals surface area contributed by atoms with Crippen LogP contribution in [0.5, 0.6) is 0 Å². The Morgan fingerprint density at radius 1 is 0.771 bits per heavy atom. The molecule has 188 valence electrons. The van der Waals surface area contributed by atoms with Crippen molar-refractivity contribution in [2.75, 3.05) is 0 Å². The average molecular weight is 583 g/mol. The average Bonchev–Trinajstić information content (AvgIpc) is 2.91. The Balaban J connectivity index is 0.000000241. The van der Waals surface area contributed by atoms with E-state index in [1.165, 1.54) is 91.7 Å². The lowest BCUT2D eigenvalue weighted by Crippen LogP contribution is -2.13. The summed E-state index contributed by atoms with van der Waals surface area (Å²) in [4.78, 5) is 9.19. The van der Waals surface area contributed by atoms with E-state index in [1.54, 1.807) is 0 Å². The van der Waals surface area contributed by atoms with Crippen molar-refractivity contribution in [1.82, 2.24) is 9.97 Å². The molecule has 4 rings (SSSR count). The van der Waals surface area contributed by atoms with Crippen molar-refractivity contribution in [2.45, 2.75) is 96.8 Å². The highest BCUT2D eigenvalue weighted by Crippen LogP contribution is 2.37. The first-order valence-electron chi connectivity index (χ1n) is 13.8. The molecule has 1 saturated carbocycles. The number of nitrogens with zero attached hydrogens (tertiary/aromatic N) is 2. The van der Waals surface area contributed by atoms with Gasteiger partial charge in [0.05, 0.1) is 0 Å². The Kier molecular flexibility index (Phi) is 12.8. The highest BCUT2D eigenvalue weighted by molar-refractivity contribution is 14.1. The van der Waals surface area contributed by atoms with Crippen LogP contribution in [0.2, 0.25) is 0 Å². The molecule has 2 aromatic carbocycles. The first-order chi connectivity index (χ1) is 17.2. The molecule has 3 aromatic rings. The molecule has 3 heteroatoms. The molecular formula is C32H43IN2. The Labute approximate surface area is 227 Å². The summed E-state index contributed by atoms with van der Waals surface area (Å²) in [5.74, 6) is 2.46. The van der Waals surface area contributed by atoms with Gasteiger partial charge in [0, 0.05) is 21.5 Å². The number of aryl methyl sites for hydroxylation is 1. The van der Waals surface area contributed by atoms with Crippen molar-refractivity contribution < 1.29 is 0 Å². The summed E-state index contributed by atoms with van der Waals surface area (Å²) in [5.41, 5.74) is 3.91. The fourth-order valence-corrected chi connectivity index (χ4v) is 5.63. The van der Waals surface area contributed by atoms with Gasteiger partial charge in [0.25, 0.3) is 0 Å². The van der Waals surface area contributed by atoms with Crippen molar-refractivity contribution in [3.63, 3.8) is 0 Å². The molecule has 0 spiro atoms. The van der Waals surface area contributed by atoms with Gasteiger partial charge in [-0.25, -0.2) is 9.97 Å². The third-order valence-electron chi connectivity index (χ3n) is 7.20. The molecule has 0 N–H and O–H groups in total. The minimum atomic E-state index is 0.669. The molecule has 35 heavy (non-hydrogen) atoms. The molecule has 0 unspecified atom stereocenters. The lowest BCUT2D eigenvalue weighted by atomic mass is 9.77. The van der Waals surface area contributed by atoms with E-state index in [2.05, 4.69) is 95.2 Å². The fraction of sp³-hybridized carbons (Fsp3) is 0.500. The quantitative estimate of drug-likeness (QED) is 0.176. The van der Waals surface area contributed by atoms with Gasteiger partial charge >= 0.3 is 0 Å². The zero-order chi connectivity index (χ0) is 24.7. The van der Waals surface area contributed by atoms with Crippen molar-refractivity contribution in [2.24, 2.45) is 5.92 Å². The van der Waals surface area contributed by atoms with E-state index in [1.807, 2.05) is 18.2 Å². The number of hydrogen-bond acceptors (Lipinski definition) is 2. The summed E-state index contributed by atoms with van der Waals surface area (Å²) in [6.45, 7) is 4.53. The molecule has 0 amide bonds. The maximum absolute atomic E-state index is 4.59. The van der Waals surface area contributed by atoms with Gasteiger partial charge in [0.1, 0.15) is 0 Å². The zero-order valence-corrected chi connectivity index (χ0v) is 23.9. The highest BCUT2D eigenvalue weighted by atomic mass is 127. The van der Waals surface area contributed by atoms with Crippen LogP contribution in [0, 0.1) is 9.49 Å². The molecule has 2 nitrogen and oxygen atoms in total. The smallest absolute Gasteiger partial charge is 0.159 e. The van der Waals surface area contributed by atoms with Crippen LogP contribution in [0.3, 0.4) is 0 Å². The predicted molar refractivity (Wildman–Crippen MR) is 159 cm³/mol. The van der Waals surface area contributed by atoms with Crippen molar-refractivity contribution in [3.8, 4) is 11.4 Å². The molecule has 0 saturated heterocycles. The van der Waals surface area contributed by atoms with Gasteiger partial charge < -0.3 is 0 Å². The minimum Gasteiger partial charge on any atom is -0.236 e. The van der Waals surface area contributed by atoms with Crippen LogP contribution in [0.4, 0.5) is 0 Å². The first-order valence-corrected chi connectivity index (χ1v) is 14.9. The number of hydrogen-bond donors (Lipinski definition) is 0. The Morgan fingerprint density at radius 3 is 2.11 bits per heavy atom. The Hall–Kier alpha value is -1.75. The van der Waals surface area contributed by atoms with Crippen LogP contribution in [0.25, 0.3) is 11.4 Å². The van der Waals surface area contributed by atoms with E-state index >= 15 is 0 Å². The van der Waals surface area contributed by atoms with E-state index < -0.39 is 0 Å². The standard InChI is InChI=1S/C21H28N2.C11H15I/c1-2-3-5-8-17-11-13-18(14-12-17)20-15-22-21(23-16-20)19-9-6-4-7-10-19;1-2-3-4-6-10-7-5-8-11(12)9-10/h4,6-7,9-10,15-18H,2-3,5,8,11-14H2,1H3;5,7-9H,2-4,6H2,1H3. The molecular weight excluding hydrogens is 539 g/mol. The lowest BCUT2D eigenvalue weighted by molar-refractivity contribution is 0.302. The largest absolute Gasteiger partial charge is 0.236 e. The summed E-state index contributed by atoms with van der Waals surface area (Å²) in [6, 6.07) is 19.0. The molecule has 0 atom stereocenters. The summed E-state index contributed by atoms with van der Waals surface area (Å²) >= 11 is 2.37. The van der Waals surface area contributed by atoms with E-state index in [0.29, 0.717) is 5.92 Å². The summed E-state index contributed by atoms with van der Waals surface area (Å²) < 4.78 is 1.35. The number of benzene rings is 2. The number of unbranched alkanes of at least 4 members (excludes halogenated alkanes) is 4. The van der Waals surface area contributed by atoms with Gasteiger partial charge in [0.15, 0.2) is 5.82 Å².